The quantitative estimate of drug-likeness (QED) is 0.857. The predicted octanol–water partition coefficient (Wildman–Crippen LogP) is 2.00. The number of carbonyl (C=O) groups is 2. The van der Waals surface area contributed by atoms with Gasteiger partial charge in [0.25, 0.3) is 5.91 Å². The van der Waals surface area contributed by atoms with Gasteiger partial charge in [-0.3, -0.25) is 18.8 Å². The summed E-state index contributed by atoms with van der Waals surface area (Å²) < 4.78 is 25.5. The van der Waals surface area contributed by atoms with Crippen LogP contribution < -0.4 is 14.5 Å². The Morgan fingerprint density at radius 2 is 1.89 bits per heavy atom. The molecular formula is C19H19N3O4S. The van der Waals surface area contributed by atoms with E-state index in [9.17, 15) is 18.0 Å². The lowest BCUT2D eigenvalue weighted by Gasteiger charge is -2.29. The number of hydrogen-bond acceptors (Lipinski definition) is 4. The zero-order valence-corrected chi connectivity index (χ0v) is 15.8. The average molecular weight is 385 g/mol. The highest BCUT2D eigenvalue weighted by atomic mass is 32.2. The van der Waals surface area contributed by atoms with Gasteiger partial charge in [0.1, 0.15) is 6.54 Å². The summed E-state index contributed by atoms with van der Waals surface area (Å²) in [6, 6.07) is 12.0. The summed E-state index contributed by atoms with van der Waals surface area (Å²) in [7, 11) is -3.38. The Morgan fingerprint density at radius 3 is 2.63 bits per heavy atom. The lowest BCUT2D eigenvalue weighted by molar-refractivity contribution is -0.115. The number of amides is 2. The summed E-state index contributed by atoms with van der Waals surface area (Å²) >= 11 is 0. The van der Waals surface area contributed by atoms with Crippen molar-refractivity contribution in [2.24, 2.45) is 0 Å². The summed E-state index contributed by atoms with van der Waals surface area (Å²) in [5, 5.41) is 2.76. The first-order valence-electron chi connectivity index (χ1n) is 8.59. The van der Waals surface area contributed by atoms with Crippen LogP contribution in [0.3, 0.4) is 0 Å². The molecule has 4 rings (SSSR count). The van der Waals surface area contributed by atoms with E-state index in [1.54, 1.807) is 36.4 Å². The summed E-state index contributed by atoms with van der Waals surface area (Å²) in [5.74, 6) is -0.536. The van der Waals surface area contributed by atoms with Crippen molar-refractivity contribution in [3.05, 3.63) is 53.6 Å². The van der Waals surface area contributed by atoms with E-state index in [2.05, 4.69) is 5.32 Å². The van der Waals surface area contributed by atoms with Crippen molar-refractivity contribution in [2.75, 3.05) is 27.3 Å². The standard InChI is InChI=1S/C19H19N3O4S/c1-12-9-14-10-13(7-8-16(14)22(12)27(2,25)26)19(24)21-11-18(23)20-15-5-3-4-6-17(15)21/h3-8,10,12H,9,11H2,1-2H3,(H,20,23)/t12-/m0/s1. The number of fused-ring (bicyclic) bond motifs is 2. The van der Waals surface area contributed by atoms with Crippen LogP contribution in [0.1, 0.15) is 22.8 Å². The fourth-order valence-corrected chi connectivity index (χ4v) is 5.08. The molecule has 0 spiro atoms. The Labute approximate surface area is 157 Å². The van der Waals surface area contributed by atoms with E-state index < -0.39 is 10.0 Å². The highest BCUT2D eigenvalue weighted by Crippen LogP contribution is 2.36. The molecular weight excluding hydrogens is 366 g/mol. The van der Waals surface area contributed by atoms with Crippen LogP contribution >= 0.6 is 0 Å². The minimum Gasteiger partial charge on any atom is -0.323 e. The number of hydrogen-bond donors (Lipinski definition) is 1. The topological polar surface area (TPSA) is 86.8 Å². The minimum absolute atomic E-state index is 0.0567. The molecule has 0 unspecified atom stereocenters. The minimum atomic E-state index is -3.38. The van der Waals surface area contributed by atoms with Crippen LogP contribution in [-0.4, -0.2) is 39.1 Å². The van der Waals surface area contributed by atoms with E-state index in [1.807, 2.05) is 13.0 Å². The third-order valence-corrected chi connectivity index (χ3v) is 6.12. The number of para-hydroxylation sites is 2. The van der Waals surface area contributed by atoms with Crippen LogP contribution in [0, 0.1) is 0 Å². The number of benzene rings is 2. The lowest BCUT2D eigenvalue weighted by atomic mass is 10.1. The molecule has 2 aliphatic rings. The highest BCUT2D eigenvalue weighted by Gasteiger charge is 2.34. The maximum absolute atomic E-state index is 13.1. The number of rotatable bonds is 2. The highest BCUT2D eigenvalue weighted by molar-refractivity contribution is 7.92. The number of nitrogens with zero attached hydrogens (tertiary/aromatic N) is 2. The van der Waals surface area contributed by atoms with Gasteiger partial charge in [0.2, 0.25) is 15.9 Å². The molecule has 27 heavy (non-hydrogen) atoms. The number of anilines is 3. The molecule has 0 fully saturated rings. The molecule has 0 aliphatic carbocycles. The molecule has 1 N–H and O–H groups in total. The zero-order chi connectivity index (χ0) is 19.3. The summed E-state index contributed by atoms with van der Waals surface area (Å²) in [6.07, 6.45) is 1.72. The Bertz CT molecular complexity index is 1060. The summed E-state index contributed by atoms with van der Waals surface area (Å²) in [4.78, 5) is 26.5. The molecule has 1 atom stereocenters. The van der Waals surface area contributed by atoms with E-state index in [0.717, 1.165) is 5.56 Å². The molecule has 2 heterocycles. The molecule has 0 saturated carbocycles. The molecule has 0 saturated heterocycles. The third kappa shape index (κ3) is 2.95. The molecule has 8 heteroatoms. The van der Waals surface area contributed by atoms with Gasteiger partial charge < -0.3 is 5.32 Å². The number of sulfonamides is 1. The van der Waals surface area contributed by atoms with Crippen molar-refractivity contribution in [2.45, 2.75) is 19.4 Å². The first-order chi connectivity index (χ1) is 12.8. The second kappa shape index (κ2) is 6.09. The van der Waals surface area contributed by atoms with Crippen LogP contribution in [0.2, 0.25) is 0 Å². The van der Waals surface area contributed by atoms with E-state index in [-0.39, 0.29) is 24.4 Å². The van der Waals surface area contributed by atoms with Crippen LogP contribution in [0.5, 0.6) is 0 Å². The molecule has 0 bridgehead atoms. The van der Waals surface area contributed by atoms with Gasteiger partial charge in [-0.2, -0.15) is 0 Å². The molecule has 2 aliphatic heterocycles. The maximum atomic E-state index is 13.1. The Balaban J connectivity index is 1.71. The Kier molecular flexibility index (Phi) is 3.96. The second-order valence-electron chi connectivity index (χ2n) is 6.91. The van der Waals surface area contributed by atoms with E-state index in [4.69, 9.17) is 0 Å². The van der Waals surface area contributed by atoms with E-state index >= 15 is 0 Å². The summed E-state index contributed by atoms with van der Waals surface area (Å²) in [6.45, 7) is 1.78. The van der Waals surface area contributed by atoms with Crippen molar-refractivity contribution in [3.63, 3.8) is 0 Å². The van der Waals surface area contributed by atoms with Crippen molar-refractivity contribution in [1.29, 1.82) is 0 Å². The van der Waals surface area contributed by atoms with Gasteiger partial charge in [-0.15, -0.1) is 0 Å². The molecule has 0 aromatic heterocycles. The maximum Gasteiger partial charge on any atom is 0.258 e. The zero-order valence-electron chi connectivity index (χ0n) is 15.0. The van der Waals surface area contributed by atoms with Crippen molar-refractivity contribution >= 4 is 38.9 Å². The molecule has 2 aromatic rings. The predicted molar refractivity (Wildman–Crippen MR) is 104 cm³/mol. The molecule has 140 valence electrons. The van der Waals surface area contributed by atoms with Crippen LogP contribution in [0.4, 0.5) is 17.1 Å². The smallest absolute Gasteiger partial charge is 0.258 e. The Morgan fingerprint density at radius 1 is 1.15 bits per heavy atom. The first-order valence-corrected chi connectivity index (χ1v) is 10.4. The fraction of sp³-hybridized carbons (Fsp3) is 0.263. The van der Waals surface area contributed by atoms with Gasteiger partial charge in [0.15, 0.2) is 0 Å². The summed E-state index contributed by atoms with van der Waals surface area (Å²) in [5.41, 5.74) is 3.10. The molecule has 0 radical (unpaired) electrons. The molecule has 2 aromatic carbocycles. The SMILES string of the molecule is C[C@H]1Cc2cc(C(=O)N3CC(=O)Nc4ccccc43)ccc2N1S(C)(=O)=O. The Hall–Kier alpha value is -2.87. The van der Waals surface area contributed by atoms with Crippen molar-refractivity contribution in [1.82, 2.24) is 0 Å². The molecule has 7 nitrogen and oxygen atoms in total. The normalized spacial score (nSPS) is 18.7. The van der Waals surface area contributed by atoms with Crippen LogP contribution in [-0.2, 0) is 21.2 Å². The van der Waals surface area contributed by atoms with Gasteiger partial charge in [-0.05, 0) is 49.2 Å². The number of carbonyl (C=O) groups excluding carboxylic acids is 2. The van der Waals surface area contributed by atoms with Gasteiger partial charge in [0, 0.05) is 11.6 Å². The van der Waals surface area contributed by atoms with Crippen LogP contribution in [0.15, 0.2) is 42.5 Å². The number of nitrogens with one attached hydrogen (secondary N) is 1. The molecule has 2 amide bonds. The third-order valence-electron chi connectivity index (χ3n) is 4.85. The lowest BCUT2D eigenvalue weighted by Crippen LogP contribution is -2.42. The largest absolute Gasteiger partial charge is 0.323 e. The second-order valence-corrected chi connectivity index (χ2v) is 8.77. The van der Waals surface area contributed by atoms with Crippen molar-refractivity contribution in [3.8, 4) is 0 Å². The van der Waals surface area contributed by atoms with E-state index in [0.29, 0.717) is 29.0 Å². The van der Waals surface area contributed by atoms with Crippen molar-refractivity contribution < 1.29 is 18.0 Å². The van der Waals surface area contributed by atoms with Gasteiger partial charge >= 0.3 is 0 Å². The fourth-order valence-electron chi connectivity index (χ4n) is 3.81. The van der Waals surface area contributed by atoms with Gasteiger partial charge in [-0.25, -0.2) is 8.42 Å². The van der Waals surface area contributed by atoms with E-state index in [1.165, 1.54) is 15.5 Å². The van der Waals surface area contributed by atoms with Gasteiger partial charge in [-0.1, -0.05) is 12.1 Å². The monoisotopic (exact) mass is 385 g/mol. The van der Waals surface area contributed by atoms with Crippen LogP contribution in [0.25, 0.3) is 0 Å². The average Bonchev–Trinajstić information content (AvgIpc) is 2.95. The van der Waals surface area contributed by atoms with Gasteiger partial charge in [0.05, 0.1) is 23.3 Å². The first kappa shape index (κ1) is 17.5.